The molecule has 1 saturated carbocycles. The number of rotatable bonds is 3. The Bertz CT molecular complexity index is 130. The molecule has 3 heteroatoms. The molecular weight excluding hydrogens is 154 g/mol. The van der Waals surface area contributed by atoms with E-state index in [-0.39, 0.29) is 18.6 Å². The highest BCUT2D eigenvalue weighted by Crippen LogP contribution is 2.30. The van der Waals surface area contributed by atoms with Crippen LogP contribution in [0.25, 0.3) is 0 Å². The van der Waals surface area contributed by atoms with Crippen molar-refractivity contribution in [3.8, 4) is 0 Å². The smallest absolute Gasteiger partial charge is 0.0590 e. The summed E-state index contributed by atoms with van der Waals surface area (Å²) in [5.74, 6) is 0.714. The van der Waals surface area contributed by atoms with Crippen molar-refractivity contribution in [2.45, 2.75) is 31.8 Å². The molecular formula is C9H19NO2. The van der Waals surface area contributed by atoms with Crippen LogP contribution in [0.15, 0.2) is 0 Å². The lowest BCUT2D eigenvalue weighted by Crippen LogP contribution is -2.32. The third kappa shape index (κ3) is 2.44. The minimum absolute atomic E-state index is 0.0929. The zero-order valence-corrected chi connectivity index (χ0v) is 7.45. The first-order chi connectivity index (χ1) is 5.77. The summed E-state index contributed by atoms with van der Waals surface area (Å²) in [6.45, 7) is 0.834. The number of hydrogen-bond donors (Lipinski definition) is 3. The second-order valence-corrected chi connectivity index (χ2v) is 3.77. The quantitative estimate of drug-likeness (QED) is 0.567. The molecule has 0 radical (unpaired) electrons. The molecule has 0 saturated heterocycles. The van der Waals surface area contributed by atoms with E-state index in [0.29, 0.717) is 5.92 Å². The predicted octanol–water partition coefficient (Wildman–Crippen LogP) is 0.105. The molecule has 0 aromatic carbocycles. The summed E-state index contributed by atoms with van der Waals surface area (Å²) in [7, 11) is 0. The fourth-order valence-corrected chi connectivity index (χ4v) is 2.04. The molecule has 3 nitrogen and oxygen atoms in total. The molecule has 0 aromatic rings. The molecule has 72 valence electrons. The van der Waals surface area contributed by atoms with Gasteiger partial charge in [-0.05, 0) is 38.1 Å². The van der Waals surface area contributed by atoms with Gasteiger partial charge in [0.05, 0.1) is 6.10 Å². The van der Waals surface area contributed by atoms with Crippen molar-refractivity contribution < 1.29 is 10.2 Å². The molecule has 1 rings (SSSR count). The lowest BCUT2D eigenvalue weighted by atomic mass is 9.78. The molecule has 0 bridgehead atoms. The van der Waals surface area contributed by atoms with Gasteiger partial charge in [-0.1, -0.05) is 0 Å². The number of hydrogen-bond acceptors (Lipinski definition) is 3. The Morgan fingerprint density at radius 3 is 2.67 bits per heavy atom. The minimum Gasteiger partial charge on any atom is -0.396 e. The molecule has 1 aliphatic carbocycles. The Balaban J connectivity index is 2.33. The fraction of sp³-hybridized carbons (Fsp3) is 1.00. The van der Waals surface area contributed by atoms with E-state index in [1.54, 1.807) is 0 Å². The van der Waals surface area contributed by atoms with Crippen LogP contribution in [-0.2, 0) is 0 Å². The monoisotopic (exact) mass is 173 g/mol. The highest BCUT2D eigenvalue weighted by molar-refractivity contribution is 4.79. The summed E-state index contributed by atoms with van der Waals surface area (Å²) in [5, 5.41) is 18.4. The molecule has 12 heavy (non-hydrogen) atoms. The molecule has 0 heterocycles. The highest BCUT2D eigenvalue weighted by atomic mass is 16.3. The van der Waals surface area contributed by atoms with Gasteiger partial charge < -0.3 is 15.9 Å². The maximum absolute atomic E-state index is 9.46. The van der Waals surface area contributed by atoms with Crippen LogP contribution in [-0.4, -0.2) is 29.5 Å². The van der Waals surface area contributed by atoms with Gasteiger partial charge in [0.15, 0.2) is 0 Å². The van der Waals surface area contributed by atoms with Crippen LogP contribution in [0, 0.1) is 11.8 Å². The first-order valence-electron chi connectivity index (χ1n) is 4.77. The Morgan fingerprint density at radius 2 is 2.08 bits per heavy atom. The summed E-state index contributed by atoms with van der Waals surface area (Å²) in [6, 6.07) is 0. The lowest BCUT2D eigenvalue weighted by molar-refractivity contribution is 0.0163. The average molecular weight is 173 g/mol. The van der Waals surface area contributed by atoms with Crippen LogP contribution in [0.5, 0.6) is 0 Å². The maximum atomic E-state index is 9.46. The predicted molar refractivity (Wildman–Crippen MR) is 47.6 cm³/mol. The summed E-state index contributed by atoms with van der Waals surface area (Å²) < 4.78 is 0. The molecule has 0 amide bonds. The molecule has 1 aliphatic rings. The van der Waals surface area contributed by atoms with Gasteiger partial charge in [-0.2, -0.15) is 0 Å². The van der Waals surface area contributed by atoms with Gasteiger partial charge in [-0.3, -0.25) is 0 Å². The Labute approximate surface area is 73.6 Å². The fourth-order valence-electron chi connectivity index (χ4n) is 2.04. The van der Waals surface area contributed by atoms with Crippen molar-refractivity contribution in [3.63, 3.8) is 0 Å². The van der Waals surface area contributed by atoms with Gasteiger partial charge in [0.2, 0.25) is 0 Å². The van der Waals surface area contributed by atoms with Gasteiger partial charge in [0.25, 0.3) is 0 Å². The SMILES string of the molecule is NCCC1CCC(O)C(CO)C1. The van der Waals surface area contributed by atoms with E-state index in [2.05, 4.69) is 0 Å². The van der Waals surface area contributed by atoms with Crippen molar-refractivity contribution in [3.05, 3.63) is 0 Å². The maximum Gasteiger partial charge on any atom is 0.0590 e. The zero-order chi connectivity index (χ0) is 8.97. The number of aliphatic hydroxyl groups excluding tert-OH is 2. The topological polar surface area (TPSA) is 66.5 Å². The second kappa shape index (κ2) is 4.80. The molecule has 0 aliphatic heterocycles. The van der Waals surface area contributed by atoms with Crippen LogP contribution >= 0.6 is 0 Å². The van der Waals surface area contributed by atoms with E-state index in [1.807, 2.05) is 0 Å². The van der Waals surface area contributed by atoms with Gasteiger partial charge in [-0.15, -0.1) is 0 Å². The van der Waals surface area contributed by atoms with E-state index in [0.717, 1.165) is 32.2 Å². The van der Waals surface area contributed by atoms with Crippen LogP contribution in [0.4, 0.5) is 0 Å². The lowest BCUT2D eigenvalue weighted by Gasteiger charge is -2.31. The van der Waals surface area contributed by atoms with E-state index in [9.17, 15) is 5.11 Å². The molecule has 4 N–H and O–H groups in total. The number of aliphatic hydroxyl groups is 2. The van der Waals surface area contributed by atoms with Gasteiger partial charge in [-0.25, -0.2) is 0 Å². The summed E-state index contributed by atoms with van der Waals surface area (Å²) >= 11 is 0. The number of nitrogens with two attached hydrogens (primary N) is 1. The Morgan fingerprint density at radius 1 is 1.33 bits per heavy atom. The van der Waals surface area contributed by atoms with Gasteiger partial charge >= 0.3 is 0 Å². The van der Waals surface area contributed by atoms with Crippen LogP contribution < -0.4 is 5.73 Å². The zero-order valence-electron chi connectivity index (χ0n) is 7.45. The van der Waals surface area contributed by atoms with E-state index >= 15 is 0 Å². The van der Waals surface area contributed by atoms with E-state index < -0.39 is 0 Å². The summed E-state index contributed by atoms with van der Waals surface area (Å²) in [6.07, 6.45) is 3.58. The van der Waals surface area contributed by atoms with Crippen molar-refractivity contribution in [1.29, 1.82) is 0 Å². The molecule has 1 fully saturated rings. The first kappa shape index (κ1) is 9.96. The highest BCUT2D eigenvalue weighted by Gasteiger charge is 2.27. The Hall–Kier alpha value is -0.120. The van der Waals surface area contributed by atoms with Gasteiger partial charge in [0.1, 0.15) is 0 Å². The molecule has 0 aromatic heterocycles. The largest absolute Gasteiger partial charge is 0.396 e. The minimum atomic E-state index is -0.288. The van der Waals surface area contributed by atoms with Crippen molar-refractivity contribution in [1.82, 2.24) is 0 Å². The normalized spacial score (nSPS) is 36.8. The van der Waals surface area contributed by atoms with E-state index in [4.69, 9.17) is 10.8 Å². The van der Waals surface area contributed by atoms with Crippen molar-refractivity contribution >= 4 is 0 Å². The first-order valence-corrected chi connectivity index (χ1v) is 4.77. The summed E-state index contributed by atoms with van der Waals surface area (Å²) in [4.78, 5) is 0. The van der Waals surface area contributed by atoms with Crippen molar-refractivity contribution in [2.24, 2.45) is 17.6 Å². The van der Waals surface area contributed by atoms with Gasteiger partial charge in [0, 0.05) is 12.5 Å². The molecule has 3 unspecified atom stereocenters. The third-order valence-corrected chi connectivity index (χ3v) is 2.86. The standard InChI is InChI=1S/C9H19NO2/c10-4-3-7-1-2-9(12)8(5-7)6-11/h7-9,11-12H,1-6,10H2. The molecule has 0 spiro atoms. The summed E-state index contributed by atoms with van der Waals surface area (Å²) in [5.41, 5.74) is 5.46. The second-order valence-electron chi connectivity index (χ2n) is 3.77. The third-order valence-electron chi connectivity index (χ3n) is 2.86. The van der Waals surface area contributed by atoms with E-state index in [1.165, 1.54) is 0 Å². The van der Waals surface area contributed by atoms with Crippen LogP contribution in [0.3, 0.4) is 0 Å². The Kier molecular flexibility index (Phi) is 3.98. The molecule has 3 atom stereocenters. The average Bonchev–Trinajstić information content (AvgIpc) is 2.09. The van der Waals surface area contributed by atoms with Crippen LogP contribution in [0.1, 0.15) is 25.7 Å². The van der Waals surface area contributed by atoms with Crippen molar-refractivity contribution in [2.75, 3.05) is 13.2 Å². The van der Waals surface area contributed by atoms with Crippen LogP contribution in [0.2, 0.25) is 0 Å².